The summed E-state index contributed by atoms with van der Waals surface area (Å²) in [5, 5.41) is 28.9. The summed E-state index contributed by atoms with van der Waals surface area (Å²) in [6, 6.07) is 0. The molecule has 1 aliphatic heterocycles. The molecule has 1 fully saturated rings. The van der Waals surface area contributed by atoms with E-state index in [4.69, 9.17) is 9.47 Å². The second-order valence-corrected chi connectivity index (χ2v) is 8.10. The van der Waals surface area contributed by atoms with Crippen LogP contribution in [-0.2, 0) is 14.3 Å². The molecule has 1 aliphatic rings. The van der Waals surface area contributed by atoms with E-state index < -0.39 is 24.4 Å². The first-order valence-corrected chi connectivity index (χ1v) is 11.4. The minimum Gasteiger partial charge on any atom is -0.463 e. The Balaban J connectivity index is 1.86. The zero-order chi connectivity index (χ0) is 20.6. The minimum absolute atomic E-state index is 0.0181. The fourth-order valence-electron chi connectivity index (χ4n) is 3.60. The van der Waals surface area contributed by atoms with Crippen molar-refractivity contribution in [2.45, 2.75) is 121 Å². The third-order valence-corrected chi connectivity index (χ3v) is 5.47. The van der Waals surface area contributed by atoms with Crippen LogP contribution in [0.4, 0.5) is 0 Å². The van der Waals surface area contributed by atoms with Gasteiger partial charge in [-0.2, -0.15) is 0 Å². The standard InChI is InChI=1S/C22H42O6/c1-2-3-4-5-6-7-8-9-10-11-12-13-14-15-20(25)27-17-19(24)22-21(26)18(23)16-28-22/h18-19,21-24,26H,2-17H2,1H3/t18-,19-,21+,22?/m0/s1. The number of carbonyl (C=O) groups excluding carboxylic acids is 1. The fraction of sp³-hybridized carbons (Fsp3) is 0.955. The van der Waals surface area contributed by atoms with E-state index in [1.165, 1.54) is 64.2 Å². The zero-order valence-electron chi connectivity index (χ0n) is 17.7. The van der Waals surface area contributed by atoms with Crippen molar-refractivity contribution in [2.75, 3.05) is 13.2 Å². The Morgan fingerprint density at radius 3 is 1.89 bits per heavy atom. The predicted octanol–water partition coefficient (Wildman–Crippen LogP) is 3.49. The van der Waals surface area contributed by atoms with Crippen molar-refractivity contribution in [3.05, 3.63) is 0 Å². The van der Waals surface area contributed by atoms with Gasteiger partial charge in [0.05, 0.1) is 6.61 Å². The first kappa shape index (κ1) is 25.3. The molecule has 1 unspecified atom stereocenters. The molecule has 0 aromatic carbocycles. The van der Waals surface area contributed by atoms with Gasteiger partial charge in [0.25, 0.3) is 0 Å². The van der Waals surface area contributed by atoms with E-state index in [0.29, 0.717) is 6.42 Å². The van der Waals surface area contributed by atoms with Gasteiger partial charge >= 0.3 is 5.97 Å². The largest absolute Gasteiger partial charge is 0.463 e. The number of rotatable bonds is 17. The lowest BCUT2D eigenvalue weighted by Gasteiger charge is -2.20. The molecule has 1 saturated heterocycles. The Kier molecular flexibility index (Phi) is 14.6. The van der Waals surface area contributed by atoms with E-state index in [0.717, 1.165) is 19.3 Å². The highest BCUT2D eigenvalue weighted by molar-refractivity contribution is 5.69. The van der Waals surface area contributed by atoms with Crippen LogP contribution in [0.1, 0.15) is 96.8 Å². The van der Waals surface area contributed by atoms with E-state index in [9.17, 15) is 20.1 Å². The maximum absolute atomic E-state index is 11.7. The van der Waals surface area contributed by atoms with Gasteiger partial charge in [0.15, 0.2) is 0 Å². The maximum atomic E-state index is 11.7. The van der Waals surface area contributed by atoms with Crippen LogP contribution in [0.2, 0.25) is 0 Å². The van der Waals surface area contributed by atoms with Crippen molar-refractivity contribution in [3.63, 3.8) is 0 Å². The quantitative estimate of drug-likeness (QED) is 0.255. The van der Waals surface area contributed by atoms with Gasteiger partial charge in [0.2, 0.25) is 0 Å². The van der Waals surface area contributed by atoms with Gasteiger partial charge in [0, 0.05) is 6.42 Å². The molecule has 0 radical (unpaired) electrons. The molecule has 0 aromatic rings. The molecule has 3 N–H and O–H groups in total. The third-order valence-electron chi connectivity index (χ3n) is 5.47. The molecular formula is C22H42O6. The van der Waals surface area contributed by atoms with Gasteiger partial charge in [-0.1, -0.05) is 84.0 Å². The molecule has 1 rings (SSSR count). The number of unbranched alkanes of at least 4 members (excludes halogenated alkanes) is 12. The number of esters is 1. The summed E-state index contributed by atoms with van der Waals surface area (Å²) in [5.41, 5.74) is 0. The van der Waals surface area contributed by atoms with Crippen LogP contribution in [0.5, 0.6) is 0 Å². The van der Waals surface area contributed by atoms with Gasteiger partial charge in [-0.3, -0.25) is 4.79 Å². The molecule has 6 heteroatoms. The smallest absolute Gasteiger partial charge is 0.305 e. The zero-order valence-corrected chi connectivity index (χ0v) is 17.7. The van der Waals surface area contributed by atoms with Crippen molar-refractivity contribution in [3.8, 4) is 0 Å². The average Bonchev–Trinajstić information content (AvgIpc) is 3.02. The number of aliphatic hydroxyl groups excluding tert-OH is 3. The molecule has 4 atom stereocenters. The summed E-state index contributed by atoms with van der Waals surface area (Å²) in [7, 11) is 0. The first-order valence-electron chi connectivity index (χ1n) is 11.4. The Labute approximate surface area is 170 Å². The summed E-state index contributed by atoms with van der Waals surface area (Å²) in [5.74, 6) is -0.338. The molecule has 1 heterocycles. The number of ether oxygens (including phenoxy) is 2. The van der Waals surface area contributed by atoms with Crippen molar-refractivity contribution in [1.82, 2.24) is 0 Å². The molecule has 166 valence electrons. The van der Waals surface area contributed by atoms with E-state index in [-0.39, 0.29) is 19.2 Å². The van der Waals surface area contributed by atoms with Crippen molar-refractivity contribution in [1.29, 1.82) is 0 Å². The number of aliphatic hydroxyl groups is 3. The Hall–Kier alpha value is -0.690. The SMILES string of the molecule is CCCCCCCCCCCCCCCC(=O)OC[C@H](O)C1OC[C@H](O)[C@H]1O. The van der Waals surface area contributed by atoms with Gasteiger partial charge < -0.3 is 24.8 Å². The highest BCUT2D eigenvalue weighted by Crippen LogP contribution is 2.18. The lowest BCUT2D eigenvalue weighted by Crippen LogP contribution is -2.41. The predicted molar refractivity (Wildman–Crippen MR) is 109 cm³/mol. The Morgan fingerprint density at radius 1 is 0.929 bits per heavy atom. The Bertz CT molecular complexity index is 389. The molecule has 0 amide bonds. The lowest BCUT2D eigenvalue weighted by molar-refractivity contribution is -0.151. The Morgan fingerprint density at radius 2 is 1.43 bits per heavy atom. The molecule has 0 aliphatic carbocycles. The first-order chi connectivity index (χ1) is 13.6. The normalized spacial score (nSPS) is 23.1. The van der Waals surface area contributed by atoms with Crippen LogP contribution in [0, 0.1) is 0 Å². The summed E-state index contributed by atoms with van der Waals surface area (Å²) in [4.78, 5) is 11.7. The van der Waals surface area contributed by atoms with Crippen LogP contribution in [0.3, 0.4) is 0 Å². The molecule has 28 heavy (non-hydrogen) atoms. The van der Waals surface area contributed by atoms with Gasteiger partial charge in [-0.05, 0) is 6.42 Å². The van der Waals surface area contributed by atoms with Crippen LogP contribution >= 0.6 is 0 Å². The van der Waals surface area contributed by atoms with Crippen LogP contribution in [-0.4, -0.2) is 58.9 Å². The molecule has 0 saturated carbocycles. The number of hydrogen-bond donors (Lipinski definition) is 3. The van der Waals surface area contributed by atoms with Gasteiger partial charge in [-0.25, -0.2) is 0 Å². The summed E-state index contributed by atoms with van der Waals surface area (Å²) in [6.45, 7) is 2.01. The summed E-state index contributed by atoms with van der Waals surface area (Å²) < 4.78 is 10.2. The number of carbonyl (C=O) groups is 1. The summed E-state index contributed by atoms with van der Waals surface area (Å²) in [6.07, 6.45) is 12.5. The van der Waals surface area contributed by atoms with Crippen LogP contribution < -0.4 is 0 Å². The van der Waals surface area contributed by atoms with Gasteiger partial charge in [0.1, 0.15) is 31.0 Å². The minimum atomic E-state index is -1.14. The second-order valence-electron chi connectivity index (χ2n) is 8.10. The molecule has 0 spiro atoms. The summed E-state index contributed by atoms with van der Waals surface area (Å²) >= 11 is 0. The topological polar surface area (TPSA) is 96.2 Å². The lowest BCUT2D eigenvalue weighted by atomic mass is 10.0. The molecule has 0 bridgehead atoms. The molecular weight excluding hydrogens is 360 g/mol. The highest BCUT2D eigenvalue weighted by Gasteiger charge is 2.39. The third kappa shape index (κ3) is 11.3. The van der Waals surface area contributed by atoms with Gasteiger partial charge in [-0.15, -0.1) is 0 Å². The number of hydrogen-bond acceptors (Lipinski definition) is 6. The fourth-order valence-corrected chi connectivity index (χ4v) is 3.60. The van der Waals surface area contributed by atoms with Crippen LogP contribution in [0.25, 0.3) is 0 Å². The van der Waals surface area contributed by atoms with E-state index in [2.05, 4.69) is 6.92 Å². The highest BCUT2D eigenvalue weighted by atomic mass is 16.6. The monoisotopic (exact) mass is 402 g/mol. The van der Waals surface area contributed by atoms with Crippen LogP contribution in [0.15, 0.2) is 0 Å². The van der Waals surface area contributed by atoms with E-state index >= 15 is 0 Å². The van der Waals surface area contributed by atoms with E-state index in [1.54, 1.807) is 0 Å². The van der Waals surface area contributed by atoms with Crippen molar-refractivity contribution >= 4 is 5.97 Å². The molecule has 0 aromatic heterocycles. The molecule has 6 nitrogen and oxygen atoms in total. The second kappa shape index (κ2) is 16.1. The maximum Gasteiger partial charge on any atom is 0.305 e. The van der Waals surface area contributed by atoms with Crippen molar-refractivity contribution < 1.29 is 29.6 Å². The van der Waals surface area contributed by atoms with E-state index in [1.807, 2.05) is 0 Å². The average molecular weight is 403 g/mol. The van der Waals surface area contributed by atoms with Crippen molar-refractivity contribution in [2.24, 2.45) is 0 Å².